The highest BCUT2D eigenvalue weighted by Gasteiger charge is 2.40. The van der Waals surface area contributed by atoms with Crippen molar-refractivity contribution in [3.05, 3.63) is 92.1 Å². The van der Waals surface area contributed by atoms with Gasteiger partial charge in [-0.2, -0.15) is 0 Å². The van der Waals surface area contributed by atoms with Gasteiger partial charge >= 0.3 is 0 Å². The minimum absolute atomic E-state index is 0.412. The van der Waals surface area contributed by atoms with Gasteiger partial charge in [0.15, 0.2) is 0 Å². The predicted octanol–water partition coefficient (Wildman–Crippen LogP) is 8.08. The molecule has 0 saturated heterocycles. The molecule has 0 nitrogen and oxygen atoms in total. The monoisotopic (exact) mass is 384 g/mol. The molecule has 0 fully saturated rings. The van der Waals surface area contributed by atoms with Crippen molar-refractivity contribution in [1.29, 1.82) is 0 Å². The number of hydrogen-bond donors (Lipinski definition) is 0. The van der Waals surface area contributed by atoms with Gasteiger partial charge in [0.1, 0.15) is 0 Å². The first-order chi connectivity index (χ1) is 13.5. The van der Waals surface area contributed by atoms with Gasteiger partial charge in [-0.1, -0.05) is 12.2 Å². The van der Waals surface area contributed by atoms with E-state index in [4.69, 9.17) is 0 Å². The zero-order valence-corrected chi connectivity index (χ0v) is 20.1. The van der Waals surface area contributed by atoms with E-state index in [-0.39, 0.29) is 0 Å². The van der Waals surface area contributed by atoms with Crippen LogP contribution in [0.15, 0.2) is 25.3 Å². The largest absolute Gasteiger partial charge is 0.102 e. The Labute approximate surface area is 178 Å². The van der Waals surface area contributed by atoms with Crippen molar-refractivity contribution < 1.29 is 0 Å². The third kappa shape index (κ3) is 2.51. The molecule has 0 atom stereocenters. The molecule has 152 valence electrons. The summed E-state index contributed by atoms with van der Waals surface area (Å²) in [5.41, 5.74) is 18.8. The fraction of sp³-hybridized carbons (Fsp3) is 0.379. The zero-order chi connectivity index (χ0) is 22.0. The Morgan fingerprint density at radius 3 is 1.00 bits per heavy atom. The van der Waals surface area contributed by atoms with Crippen molar-refractivity contribution in [3.63, 3.8) is 0 Å². The summed E-state index contributed by atoms with van der Waals surface area (Å²) < 4.78 is 0. The lowest BCUT2D eigenvalue weighted by atomic mass is 9.66. The smallest absolute Gasteiger partial charge is 0.0575 e. The first-order valence-electron chi connectivity index (χ1n) is 10.6. The lowest BCUT2D eigenvalue weighted by molar-refractivity contribution is 0.788. The van der Waals surface area contributed by atoms with E-state index in [0.717, 1.165) is 0 Å². The molecule has 29 heavy (non-hydrogen) atoms. The molecule has 0 heterocycles. The highest BCUT2D eigenvalue weighted by molar-refractivity contribution is 5.97. The molecule has 2 aromatic carbocycles. The van der Waals surface area contributed by atoms with Crippen molar-refractivity contribution in [2.75, 3.05) is 0 Å². The van der Waals surface area contributed by atoms with Crippen LogP contribution in [0.25, 0.3) is 11.1 Å². The number of fused-ring (bicyclic) bond motifs is 2. The first-order valence-corrected chi connectivity index (χ1v) is 10.6. The van der Waals surface area contributed by atoms with Gasteiger partial charge in [0.05, 0.1) is 5.41 Å². The Bertz CT molecular complexity index is 1030. The van der Waals surface area contributed by atoms with Crippen LogP contribution in [0.3, 0.4) is 0 Å². The minimum Gasteiger partial charge on any atom is -0.102 e. The van der Waals surface area contributed by atoms with Crippen LogP contribution in [-0.4, -0.2) is 0 Å². The third-order valence-corrected chi connectivity index (χ3v) is 8.16. The summed E-state index contributed by atoms with van der Waals surface area (Å²) >= 11 is 0. The summed E-state index contributed by atoms with van der Waals surface area (Å²) in [7, 11) is 0. The normalized spacial score (nSPS) is 15.0. The molecule has 0 bridgehead atoms. The van der Waals surface area contributed by atoms with Gasteiger partial charge in [0, 0.05) is 0 Å². The standard InChI is InChI=1S/C29H36/c1-13-29(14-2)27-23(11)17(5)15(3)19(7)25(27)21(9)22(10)26-20(8)16(4)18(6)24(12)28(26)29/h13-14H,1-2H2,3-12H3. The van der Waals surface area contributed by atoms with Crippen molar-refractivity contribution in [2.45, 2.75) is 74.7 Å². The number of benzene rings is 2. The van der Waals surface area contributed by atoms with Crippen LogP contribution in [0.5, 0.6) is 0 Å². The van der Waals surface area contributed by atoms with Gasteiger partial charge in [-0.15, -0.1) is 13.2 Å². The number of allylic oxidation sites excluding steroid dienone is 4. The van der Waals surface area contributed by atoms with Gasteiger partial charge in [0.25, 0.3) is 0 Å². The molecule has 0 heteroatoms. The van der Waals surface area contributed by atoms with E-state index in [1.165, 1.54) is 77.9 Å². The average Bonchev–Trinajstić information content (AvgIpc) is 2.79. The summed E-state index contributed by atoms with van der Waals surface area (Å²) in [4.78, 5) is 0. The molecule has 2 aromatic rings. The lowest BCUT2D eigenvalue weighted by Gasteiger charge is -2.36. The van der Waals surface area contributed by atoms with Gasteiger partial charge in [0.2, 0.25) is 0 Å². The highest BCUT2D eigenvalue weighted by Crippen LogP contribution is 2.52. The van der Waals surface area contributed by atoms with Crippen LogP contribution in [0.2, 0.25) is 0 Å². The molecule has 0 aromatic heterocycles. The molecule has 1 aliphatic rings. The second kappa shape index (κ2) is 6.87. The van der Waals surface area contributed by atoms with E-state index in [9.17, 15) is 0 Å². The quantitative estimate of drug-likeness (QED) is 0.459. The predicted molar refractivity (Wildman–Crippen MR) is 130 cm³/mol. The summed E-state index contributed by atoms with van der Waals surface area (Å²) in [5, 5.41) is 0. The van der Waals surface area contributed by atoms with E-state index in [1.807, 2.05) is 0 Å². The Kier molecular flexibility index (Phi) is 5.06. The fourth-order valence-corrected chi connectivity index (χ4v) is 5.59. The van der Waals surface area contributed by atoms with E-state index in [2.05, 4.69) is 94.5 Å². The SMILES string of the molecule is C=CC1(C=C)c2c(C)c(C)c(C)c(C)c2C(C)=C(C)c2c(C)c(C)c(C)c(C)c21. The average molecular weight is 385 g/mol. The molecule has 0 spiro atoms. The maximum absolute atomic E-state index is 4.37. The molecule has 0 aliphatic heterocycles. The summed E-state index contributed by atoms with van der Waals surface area (Å²) in [6, 6.07) is 0. The van der Waals surface area contributed by atoms with Crippen LogP contribution < -0.4 is 0 Å². The van der Waals surface area contributed by atoms with E-state index in [0.29, 0.717) is 0 Å². The second-order valence-electron chi connectivity index (χ2n) is 9.03. The van der Waals surface area contributed by atoms with E-state index < -0.39 is 5.41 Å². The van der Waals surface area contributed by atoms with Crippen LogP contribution in [-0.2, 0) is 5.41 Å². The first kappa shape index (κ1) is 21.4. The molecular weight excluding hydrogens is 348 g/mol. The summed E-state index contributed by atoms with van der Waals surface area (Å²) in [6.07, 6.45) is 4.26. The molecule has 1 aliphatic carbocycles. The topological polar surface area (TPSA) is 0 Å². The Hall–Kier alpha value is -2.34. The maximum Gasteiger partial charge on any atom is 0.0575 e. The molecule has 0 radical (unpaired) electrons. The molecule has 0 amide bonds. The van der Waals surface area contributed by atoms with Crippen LogP contribution in [0, 0.1) is 55.4 Å². The molecule has 3 rings (SSSR count). The minimum atomic E-state index is -0.412. The Morgan fingerprint density at radius 1 is 0.448 bits per heavy atom. The van der Waals surface area contributed by atoms with Crippen molar-refractivity contribution in [2.24, 2.45) is 0 Å². The van der Waals surface area contributed by atoms with Gasteiger partial charge in [-0.25, -0.2) is 0 Å². The van der Waals surface area contributed by atoms with Crippen molar-refractivity contribution in [1.82, 2.24) is 0 Å². The molecule has 0 saturated carbocycles. The van der Waals surface area contributed by atoms with E-state index in [1.54, 1.807) is 0 Å². The van der Waals surface area contributed by atoms with Crippen LogP contribution in [0.1, 0.15) is 80.6 Å². The van der Waals surface area contributed by atoms with Crippen molar-refractivity contribution >= 4 is 11.1 Å². The highest BCUT2D eigenvalue weighted by atomic mass is 14.4. The fourth-order valence-electron chi connectivity index (χ4n) is 5.59. The molecule has 0 unspecified atom stereocenters. The maximum atomic E-state index is 4.37. The molecular formula is C29H36. The summed E-state index contributed by atoms with van der Waals surface area (Å²) in [6.45, 7) is 31.5. The lowest BCUT2D eigenvalue weighted by Crippen LogP contribution is -2.28. The Balaban J connectivity index is 2.80. The Morgan fingerprint density at radius 2 is 0.724 bits per heavy atom. The third-order valence-electron chi connectivity index (χ3n) is 8.16. The zero-order valence-electron chi connectivity index (χ0n) is 20.1. The van der Waals surface area contributed by atoms with E-state index >= 15 is 0 Å². The van der Waals surface area contributed by atoms with Crippen molar-refractivity contribution in [3.8, 4) is 0 Å². The number of hydrogen-bond acceptors (Lipinski definition) is 0. The van der Waals surface area contributed by atoms with Gasteiger partial charge in [-0.05, 0) is 147 Å². The van der Waals surface area contributed by atoms with Gasteiger partial charge < -0.3 is 0 Å². The van der Waals surface area contributed by atoms with Crippen LogP contribution in [0.4, 0.5) is 0 Å². The molecule has 0 N–H and O–H groups in total. The van der Waals surface area contributed by atoms with Gasteiger partial charge in [-0.3, -0.25) is 0 Å². The second-order valence-corrected chi connectivity index (χ2v) is 9.03. The number of rotatable bonds is 2. The summed E-state index contributed by atoms with van der Waals surface area (Å²) in [5.74, 6) is 0. The van der Waals surface area contributed by atoms with Crippen LogP contribution >= 0.6 is 0 Å².